The highest BCUT2D eigenvalue weighted by Gasteiger charge is 2.23. The molecule has 0 bridgehead atoms. The zero-order valence-electron chi connectivity index (χ0n) is 9.60. The van der Waals surface area contributed by atoms with E-state index >= 15 is 0 Å². The van der Waals surface area contributed by atoms with Gasteiger partial charge >= 0.3 is 0 Å². The van der Waals surface area contributed by atoms with E-state index in [9.17, 15) is 17.6 Å². The van der Waals surface area contributed by atoms with Crippen LogP contribution in [0.1, 0.15) is 23.2 Å². The monoisotopic (exact) mass is 272 g/mol. The van der Waals surface area contributed by atoms with Gasteiger partial charge in [-0.25, -0.2) is 17.9 Å². The Labute approximate surface area is 104 Å². The van der Waals surface area contributed by atoms with Crippen LogP contribution < -0.4 is 5.14 Å². The van der Waals surface area contributed by atoms with Crippen molar-refractivity contribution in [1.29, 1.82) is 0 Å². The molecule has 18 heavy (non-hydrogen) atoms. The molecule has 1 aliphatic rings. The van der Waals surface area contributed by atoms with Gasteiger partial charge in [0.05, 0.1) is 10.5 Å². The summed E-state index contributed by atoms with van der Waals surface area (Å²) in [4.78, 5) is 13.1. The molecule has 1 aromatic rings. The Morgan fingerprint density at radius 1 is 1.28 bits per heavy atom. The van der Waals surface area contributed by atoms with Crippen molar-refractivity contribution in [3.63, 3.8) is 0 Å². The molecule has 0 aliphatic carbocycles. The SMILES string of the molecule is NS(=O)(=O)c1ccc(C(=O)N2CCCC2)c(F)c1. The molecule has 5 nitrogen and oxygen atoms in total. The van der Waals surface area contributed by atoms with Crippen molar-refractivity contribution >= 4 is 15.9 Å². The molecular formula is C11H13FN2O3S. The van der Waals surface area contributed by atoms with Crippen LogP contribution in [0.15, 0.2) is 23.1 Å². The van der Waals surface area contributed by atoms with Crippen molar-refractivity contribution in [3.05, 3.63) is 29.6 Å². The fourth-order valence-electron chi connectivity index (χ4n) is 1.94. The van der Waals surface area contributed by atoms with E-state index in [0.717, 1.165) is 31.0 Å². The third-order valence-corrected chi connectivity index (χ3v) is 3.80. The number of rotatable bonds is 2. The number of halogens is 1. The van der Waals surface area contributed by atoms with Gasteiger partial charge < -0.3 is 4.90 Å². The maximum absolute atomic E-state index is 13.7. The van der Waals surface area contributed by atoms with Crippen molar-refractivity contribution < 1.29 is 17.6 Å². The standard InChI is InChI=1S/C11H13FN2O3S/c12-10-7-8(18(13,16)17)3-4-9(10)11(15)14-5-1-2-6-14/h3-4,7H,1-2,5-6H2,(H2,13,16,17). The second-order valence-corrected chi connectivity index (χ2v) is 5.75. The molecule has 1 saturated heterocycles. The predicted molar refractivity (Wildman–Crippen MR) is 62.9 cm³/mol. The first-order valence-electron chi connectivity index (χ1n) is 5.51. The van der Waals surface area contributed by atoms with E-state index in [1.54, 1.807) is 4.90 Å². The van der Waals surface area contributed by atoms with Gasteiger partial charge in [-0.3, -0.25) is 4.79 Å². The number of sulfonamides is 1. The maximum atomic E-state index is 13.7. The van der Waals surface area contributed by atoms with E-state index in [1.165, 1.54) is 0 Å². The van der Waals surface area contributed by atoms with Gasteiger partial charge in [0.2, 0.25) is 10.0 Å². The van der Waals surface area contributed by atoms with E-state index in [4.69, 9.17) is 5.14 Å². The van der Waals surface area contributed by atoms with Crippen molar-refractivity contribution in [2.45, 2.75) is 17.7 Å². The van der Waals surface area contributed by atoms with Gasteiger partial charge in [0.1, 0.15) is 5.82 Å². The molecule has 1 amide bonds. The van der Waals surface area contributed by atoms with E-state index in [0.29, 0.717) is 13.1 Å². The Bertz CT molecular complexity index is 580. The van der Waals surface area contributed by atoms with Crippen molar-refractivity contribution in [2.75, 3.05) is 13.1 Å². The molecule has 0 aromatic heterocycles. The van der Waals surface area contributed by atoms with Crippen LogP contribution in [0.5, 0.6) is 0 Å². The minimum Gasteiger partial charge on any atom is -0.339 e. The zero-order chi connectivity index (χ0) is 13.3. The molecule has 1 fully saturated rings. The van der Waals surface area contributed by atoms with Crippen LogP contribution in [0.25, 0.3) is 0 Å². The highest BCUT2D eigenvalue weighted by atomic mass is 32.2. The van der Waals surface area contributed by atoms with Crippen LogP contribution in [-0.4, -0.2) is 32.3 Å². The van der Waals surface area contributed by atoms with Gasteiger partial charge in [-0.1, -0.05) is 0 Å². The lowest BCUT2D eigenvalue weighted by Gasteiger charge is -2.15. The number of carbonyl (C=O) groups is 1. The van der Waals surface area contributed by atoms with Gasteiger partial charge in [-0.05, 0) is 31.0 Å². The molecule has 7 heteroatoms. The molecule has 2 N–H and O–H groups in total. The summed E-state index contributed by atoms with van der Waals surface area (Å²) in [6.07, 6.45) is 1.81. The van der Waals surface area contributed by atoms with Gasteiger partial charge in [-0.15, -0.1) is 0 Å². The van der Waals surface area contributed by atoms with Crippen LogP contribution in [0.2, 0.25) is 0 Å². The minimum atomic E-state index is -3.95. The number of likely N-dealkylation sites (tertiary alicyclic amines) is 1. The van der Waals surface area contributed by atoms with Crippen LogP contribution >= 0.6 is 0 Å². The predicted octanol–water partition coefficient (Wildman–Crippen LogP) is 0.709. The quantitative estimate of drug-likeness (QED) is 0.861. The molecule has 0 unspecified atom stereocenters. The summed E-state index contributed by atoms with van der Waals surface area (Å²) in [5.41, 5.74) is -0.121. The summed E-state index contributed by atoms with van der Waals surface area (Å²) < 4.78 is 35.8. The fourth-order valence-corrected chi connectivity index (χ4v) is 2.46. The third-order valence-electron chi connectivity index (χ3n) is 2.89. The average Bonchev–Trinajstić information content (AvgIpc) is 2.80. The topological polar surface area (TPSA) is 80.5 Å². The van der Waals surface area contributed by atoms with Gasteiger partial charge in [-0.2, -0.15) is 0 Å². The van der Waals surface area contributed by atoms with Crippen LogP contribution in [-0.2, 0) is 10.0 Å². The van der Waals surface area contributed by atoms with Crippen molar-refractivity contribution in [3.8, 4) is 0 Å². The Balaban J connectivity index is 2.33. The lowest BCUT2D eigenvalue weighted by Crippen LogP contribution is -2.28. The molecule has 0 atom stereocenters. The summed E-state index contributed by atoms with van der Waals surface area (Å²) in [7, 11) is -3.95. The Morgan fingerprint density at radius 2 is 1.89 bits per heavy atom. The molecule has 0 saturated carbocycles. The van der Waals surface area contributed by atoms with Crippen LogP contribution in [0, 0.1) is 5.82 Å². The van der Waals surface area contributed by atoms with Crippen LogP contribution in [0.4, 0.5) is 4.39 Å². The molecule has 1 aliphatic heterocycles. The molecule has 2 rings (SSSR count). The first-order valence-corrected chi connectivity index (χ1v) is 7.06. The number of benzene rings is 1. The van der Waals surface area contributed by atoms with Crippen molar-refractivity contribution in [1.82, 2.24) is 4.90 Å². The number of nitrogens with zero attached hydrogens (tertiary/aromatic N) is 1. The third kappa shape index (κ3) is 2.51. The summed E-state index contributed by atoms with van der Waals surface area (Å²) in [5.74, 6) is -1.27. The first-order chi connectivity index (χ1) is 8.39. The van der Waals surface area contributed by atoms with E-state index in [1.807, 2.05) is 0 Å². The molecule has 0 spiro atoms. The maximum Gasteiger partial charge on any atom is 0.256 e. The van der Waals surface area contributed by atoms with Crippen LogP contribution in [0.3, 0.4) is 0 Å². The van der Waals surface area contributed by atoms with Gasteiger partial charge in [0, 0.05) is 13.1 Å². The number of primary sulfonamides is 1. The molecular weight excluding hydrogens is 259 g/mol. The Kier molecular flexibility index (Phi) is 3.36. The molecule has 0 radical (unpaired) electrons. The lowest BCUT2D eigenvalue weighted by atomic mass is 10.2. The highest BCUT2D eigenvalue weighted by molar-refractivity contribution is 7.89. The number of carbonyl (C=O) groups excluding carboxylic acids is 1. The van der Waals surface area contributed by atoms with E-state index < -0.39 is 21.7 Å². The van der Waals surface area contributed by atoms with Gasteiger partial charge in [0.25, 0.3) is 5.91 Å². The Morgan fingerprint density at radius 3 is 2.39 bits per heavy atom. The summed E-state index contributed by atoms with van der Waals surface area (Å²) >= 11 is 0. The first kappa shape index (κ1) is 13.0. The normalized spacial score (nSPS) is 16.0. The number of nitrogens with two attached hydrogens (primary N) is 1. The van der Waals surface area contributed by atoms with Crippen molar-refractivity contribution in [2.24, 2.45) is 5.14 Å². The second-order valence-electron chi connectivity index (χ2n) is 4.19. The average molecular weight is 272 g/mol. The summed E-state index contributed by atoms with van der Waals surface area (Å²) in [6.45, 7) is 1.21. The molecule has 1 heterocycles. The molecule has 1 aromatic carbocycles. The Hall–Kier alpha value is -1.47. The largest absolute Gasteiger partial charge is 0.339 e. The zero-order valence-corrected chi connectivity index (χ0v) is 10.4. The van der Waals surface area contributed by atoms with E-state index in [2.05, 4.69) is 0 Å². The highest BCUT2D eigenvalue weighted by Crippen LogP contribution is 2.18. The number of hydrogen-bond acceptors (Lipinski definition) is 3. The summed E-state index contributed by atoms with van der Waals surface area (Å²) in [6, 6.07) is 3.08. The number of hydrogen-bond donors (Lipinski definition) is 1. The van der Waals surface area contributed by atoms with E-state index in [-0.39, 0.29) is 10.5 Å². The minimum absolute atomic E-state index is 0.121. The smallest absolute Gasteiger partial charge is 0.256 e. The molecule has 98 valence electrons. The fraction of sp³-hybridized carbons (Fsp3) is 0.364. The second kappa shape index (κ2) is 4.66. The van der Waals surface area contributed by atoms with Gasteiger partial charge in [0.15, 0.2) is 0 Å². The summed E-state index contributed by atoms with van der Waals surface area (Å²) in [5, 5.41) is 4.88. The lowest BCUT2D eigenvalue weighted by molar-refractivity contribution is 0.0788. The number of amides is 1.